The maximum atomic E-state index is 14.0. The van der Waals surface area contributed by atoms with E-state index in [0.717, 1.165) is 12.8 Å². The Kier molecular flexibility index (Phi) is 7.29. The lowest BCUT2D eigenvalue weighted by molar-refractivity contribution is -0.144. The number of carbonyl (C=O) groups excluding carboxylic acids is 2. The summed E-state index contributed by atoms with van der Waals surface area (Å²) < 4.78 is 68.6. The normalized spacial score (nSPS) is 19.4. The lowest BCUT2D eigenvalue weighted by Crippen LogP contribution is -2.30. The van der Waals surface area contributed by atoms with Gasteiger partial charge in [-0.2, -0.15) is 23.4 Å². The third-order valence-electron chi connectivity index (χ3n) is 7.79. The number of nitrogens with one attached hydrogen (secondary N) is 1. The molecule has 5 rings (SSSR count). The minimum Gasteiger partial charge on any atom is -0.364 e. The fourth-order valence-electron chi connectivity index (χ4n) is 5.54. The summed E-state index contributed by atoms with van der Waals surface area (Å²) in [4.78, 5) is 28.9. The minimum atomic E-state index is -4.42. The van der Waals surface area contributed by atoms with E-state index >= 15 is 0 Å². The molecule has 2 amide bonds. The second kappa shape index (κ2) is 10.4. The molecule has 0 aliphatic heterocycles. The summed E-state index contributed by atoms with van der Waals surface area (Å²) in [6.45, 7) is 0. The largest absolute Gasteiger partial charge is 0.389 e. The van der Waals surface area contributed by atoms with Gasteiger partial charge < -0.3 is 11.1 Å². The number of nitrogens with zero attached hydrogens (tertiary/aromatic N) is 5. The first kappa shape index (κ1) is 28.0. The van der Waals surface area contributed by atoms with Gasteiger partial charge in [-0.3, -0.25) is 14.3 Å². The van der Waals surface area contributed by atoms with E-state index in [-0.39, 0.29) is 43.2 Å². The van der Waals surface area contributed by atoms with Crippen molar-refractivity contribution >= 4 is 17.5 Å². The summed E-state index contributed by atoms with van der Waals surface area (Å²) >= 11 is 0. The third kappa shape index (κ3) is 6.25. The second-order valence-electron chi connectivity index (χ2n) is 10.9. The topological polar surface area (TPSA) is 120 Å². The fourth-order valence-corrected chi connectivity index (χ4v) is 5.54. The van der Waals surface area contributed by atoms with Gasteiger partial charge in [-0.1, -0.05) is 0 Å². The molecule has 2 atom stereocenters. The van der Waals surface area contributed by atoms with E-state index in [0.29, 0.717) is 22.6 Å². The lowest BCUT2D eigenvalue weighted by Gasteiger charge is -2.32. The molecule has 40 heavy (non-hydrogen) atoms. The monoisotopic (exact) mass is 567 g/mol. The predicted molar refractivity (Wildman–Crippen MR) is 132 cm³/mol. The number of imidazole rings is 1. The van der Waals surface area contributed by atoms with Gasteiger partial charge >= 0.3 is 6.18 Å². The van der Waals surface area contributed by atoms with Crippen LogP contribution in [0.15, 0.2) is 24.5 Å². The number of alkyl halides is 5. The number of carbonyl (C=O) groups is 2. The number of hydrogen-bond acceptors (Lipinski definition) is 5. The average molecular weight is 568 g/mol. The number of aromatic nitrogens is 5. The van der Waals surface area contributed by atoms with Crippen molar-refractivity contribution in [3.63, 3.8) is 0 Å². The summed E-state index contributed by atoms with van der Waals surface area (Å²) in [5.74, 6) is -4.71. The zero-order valence-electron chi connectivity index (χ0n) is 21.8. The molecule has 1 unspecified atom stereocenters. The van der Waals surface area contributed by atoms with Gasteiger partial charge in [0.05, 0.1) is 36.2 Å². The number of fused-ring (bicyclic) bond motifs is 1. The van der Waals surface area contributed by atoms with Crippen molar-refractivity contribution in [2.24, 2.45) is 24.6 Å². The molecular weight excluding hydrogens is 537 g/mol. The van der Waals surface area contributed by atoms with Crippen molar-refractivity contribution in [3.05, 3.63) is 47.2 Å². The highest BCUT2D eigenvalue weighted by atomic mass is 19.4. The first-order valence-electron chi connectivity index (χ1n) is 13.2. The Morgan fingerprint density at radius 1 is 1.12 bits per heavy atom. The van der Waals surface area contributed by atoms with Crippen LogP contribution in [0.25, 0.3) is 5.65 Å². The summed E-state index contributed by atoms with van der Waals surface area (Å²) in [6.07, 6.45) is -1.46. The number of nitrogens with two attached hydrogens (primary N) is 1. The molecule has 3 N–H and O–H groups in total. The molecule has 2 saturated carbocycles. The van der Waals surface area contributed by atoms with Crippen LogP contribution in [0.3, 0.4) is 0 Å². The van der Waals surface area contributed by atoms with Crippen molar-refractivity contribution in [1.82, 2.24) is 29.7 Å². The molecule has 3 heterocycles. The minimum absolute atomic E-state index is 0.0888. The third-order valence-corrected chi connectivity index (χ3v) is 7.79. The highest BCUT2D eigenvalue weighted by Gasteiger charge is 2.40. The van der Waals surface area contributed by atoms with Gasteiger partial charge in [-0.15, -0.1) is 0 Å². The Labute approximate surface area is 226 Å². The van der Waals surface area contributed by atoms with Crippen LogP contribution in [0.1, 0.15) is 90.8 Å². The molecule has 9 nitrogen and oxygen atoms in total. The van der Waals surface area contributed by atoms with Gasteiger partial charge in [0.2, 0.25) is 11.8 Å². The van der Waals surface area contributed by atoms with Gasteiger partial charge in [0.25, 0.3) is 5.91 Å². The van der Waals surface area contributed by atoms with Crippen molar-refractivity contribution in [1.29, 1.82) is 0 Å². The first-order chi connectivity index (χ1) is 18.8. The summed E-state index contributed by atoms with van der Waals surface area (Å²) in [7, 11) is 1.58. The Morgan fingerprint density at radius 3 is 2.42 bits per heavy atom. The van der Waals surface area contributed by atoms with E-state index in [9.17, 15) is 31.5 Å². The molecule has 14 heteroatoms. The van der Waals surface area contributed by atoms with Gasteiger partial charge in [-0.25, -0.2) is 18.3 Å². The Balaban J connectivity index is 1.45. The molecule has 3 aromatic heterocycles. The molecular formula is C26H30F5N7O2. The average Bonchev–Trinajstić information content (AvgIpc) is 3.51. The number of hydrogen-bond donors (Lipinski definition) is 2. The van der Waals surface area contributed by atoms with Crippen LogP contribution in [0.2, 0.25) is 0 Å². The van der Waals surface area contributed by atoms with E-state index in [1.54, 1.807) is 31.6 Å². The molecule has 2 fully saturated rings. The molecule has 0 radical (unpaired) electrons. The fraction of sp³-hybridized carbons (Fsp3) is 0.577. The zero-order valence-corrected chi connectivity index (χ0v) is 21.8. The SMILES string of the molecule is Cn1nc([C@H](c2cn3ncc(C(NC(=O)CCC(F)(F)F)C4CC4)cc3n2)C2CCC(F)(F)CC2)cc1C(N)=O. The highest BCUT2D eigenvalue weighted by molar-refractivity contribution is 5.91. The standard InChI is InChI=1S/C26H30F5N7O2/c1-37-19(24(32)40)11-17(36-37)22(14-4-7-25(27,28)8-5-14)18-13-38-20(34-18)10-16(12-33-38)23(15-2-3-15)35-21(39)6-9-26(29,30)31/h10-15,22-23H,2-9H2,1H3,(H2,32,40)(H,35,39)/t22-,23?/m1/s1. The maximum absolute atomic E-state index is 14.0. The van der Waals surface area contributed by atoms with Gasteiger partial charge in [-0.05, 0) is 55.2 Å². The Hall–Kier alpha value is -3.58. The van der Waals surface area contributed by atoms with E-state index in [1.165, 1.54) is 9.20 Å². The van der Waals surface area contributed by atoms with Crippen LogP contribution in [0, 0.1) is 11.8 Å². The van der Waals surface area contributed by atoms with Gasteiger partial charge in [0.1, 0.15) is 5.69 Å². The van der Waals surface area contributed by atoms with Crippen LogP contribution >= 0.6 is 0 Å². The molecule has 3 aromatic rings. The van der Waals surface area contributed by atoms with Gasteiger partial charge in [0.15, 0.2) is 5.65 Å². The molecule has 0 spiro atoms. The molecule has 216 valence electrons. The molecule has 0 aromatic carbocycles. The van der Waals surface area contributed by atoms with E-state index in [2.05, 4.69) is 15.5 Å². The summed E-state index contributed by atoms with van der Waals surface area (Å²) in [5.41, 5.74) is 7.73. The number of halogens is 5. The smallest absolute Gasteiger partial charge is 0.364 e. The quantitative estimate of drug-likeness (QED) is 0.371. The molecule has 0 bridgehead atoms. The molecule has 2 aliphatic carbocycles. The Bertz CT molecular complexity index is 1400. The lowest BCUT2D eigenvalue weighted by atomic mass is 9.76. The van der Waals surface area contributed by atoms with Crippen molar-refractivity contribution in [2.45, 2.75) is 75.4 Å². The Morgan fingerprint density at radius 2 is 1.82 bits per heavy atom. The van der Waals surface area contributed by atoms with Crippen LogP contribution in [-0.4, -0.2) is 48.3 Å². The van der Waals surface area contributed by atoms with Crippen molar-refractivity contribution in [2.75, 3.05) is 0 Å². The number of primary amides is 1. The summed E-state index contributed by atoms with van der Waals surface area (Å²) in [5, 5.41) is 11.6. The van der Waals surface area contributed by atoms with Crippen molar-refractivity contribution in [3.8, 4) is 0 Å². The molecule has 2 aliphatic rings. The van der Waals surface area contributed by atoms with Crippen LogP contribution < -0.4 is 11.1 Å². The number of rotatable bonds is 9. The van der Waals surface area contributed by atoms with E-state index < -0.39 is 48.7 Å². The van der Waals surface area contributed by atoms with E-state index in [1.807, 2.05) is 0 Å². The van der Waals surface area contributed by atoms with Gasteiger partial charge in [0, 0.05) is 32.2 Å². The zero-order chi connectivity index (χ0) is 28.8. The number of amides is 2. The van der Waals surface area contributed by atoms with Crippen molar-refractivity contribution < 1.29 is 31.5 Å². The first-order valence-corrected chi connectivity index (χ1v) is 13.2. The number of aryl methyl sites for hydroxylation is 1. The highest BCUT2D eigenvalue weighted by Crippen LogP contribution is 2.45. The maximum Gasteiger partial charge on any atom is 0.389 e. The second-order valence-corrected chi connectivity index (χ2v) is 10.9. The van der Waals surface area contributed by atoms with Crippen LogP contribution in [0.4, 0.5) is 22.0 Å². The van der Waals surface area contributed by atoms with E-state index in [4.69, 9.17) is 10.7 Å². The molecule has 0 saturated heterocycles. The predicted octanol–water partition coefficient (Wildman–Crippen LogP) is 4.43. The van der Waals surface area contributed by atoms with Crippen LogP contribution in [-0.2, 0) is 11.8 Å². The van der Waals surface area contributed by atoms with Crippen LogP contribution in [0.5, 0.6) is 0 Å². The summed E-state index contributed by atoms with van der Waals surface area (Å²) in [6, 6.07) is 2.79.